The molecule has 0 aliphatic heterocycles. The van der Waals surface area contributed by atoms with Crippen molar-refractivity contribution in [2.24, 2.45) is 0 Å². The Kier molecular flexibility index (Phi) is 8.16. The molecule has 0 spiro atoms. The summed E-state index contributed by atoms with van der Waals surface area (Å²) in [5.74, 6) is 1.76. The average molecular weight is 294 g/mol. The van der Waals surface area contributed by atoms with Crippen LogP contribution in [0, 0.1) is 0 Å². The quantitative estimate of drug-likeness (QED) is 0.719. The highest BCUT2D eigenvalue weighted by Crippen LogP contribution is 2.28. The fraction of sp³-hybridized carbons (Fsp3) is 0.647. The lowest BCUT2D eigenvalue weighted by Crippen LogP contribution is -2.33. The van der Waals surface area contributed by atoms with E-state index >= 15 is 0 Å². The van der Waals surface area contributed by atoms with E-state index in [2.05, 4.69) is 31.0 Å². The summed E-state index contributed by atoms with van der Waals surface area (Å²) in [5.41, 5.74) is 1.13. The van der Waals surface area contributed by atoms with Gasteiger partial charge in [0.2, 0.25) is 0 Å². The zero-order chi connectivity index (χ0) is 15.7. The minimum absolute atomic E-state index is 0.232. The maximum Gasteiger partial charge on any atom is 0.123 e. The molecule has 1 unspecified atom stereocenters. The largest absolute Gasteiger partial charge is 0.497 e. The zero-order valence-electron chi connectivity index (χ0n) is 14.1. The first-order valence-electron chi connectivity index (χ1n) is 7.83. The van der Waals surface area contributed by atoms with Gasteiger partial charge in [0.15, 0.2) is 0 Å². The number of hydrogen-bond donors (Lipinski definition) is 1. The van der Waals surface area contributed by atoms with Gasteiger partial charge < -0.3 is 19.7 Å². The summed E-state index contributed by atoms with van der Waals surface area (Å²) in [6.45, 7) is 10.9. The number of nitrogens with zero attached hydrogens (tertiary/aromatic N) is 1. The van der Waals surface area contributed by atoms with Crippen LogP contribution in [0.15, 0.2) is 18.2 Å². The van der Waals surface area contributed by atoms with Crippen molar-refractivity contribution in [2.45, 2.75) is 33.2 Å². The Labute approximate surface area is 129 Å². The van der Waals surface area contributed by atoms with Crippen LogP contribution in [-0.2, 0) is 0 Å². The van der Waals surface area contributed by atoms with Gasteiger partial charge in [-0.1, -0.05) is 13.8 Å². The first-order chi connectivity index (χ1) is 10.2. The van der Waals surface area contributed by atoms with Crippen LogP contribution < -0.4 is 14.8 Å². The molecule has 0 amide bonds. The van der Waals surface area contributed by atoms with Gasteiger partial charge in [-0.25, -0.2) is 0 Å². The number of nitrogens with one attached hydrogen (secondary N) is 1. The lowest BCUT2D eigenvalue weighted by molar-refractivity contribution is 0.283. The summed E-state index contributed by atoms with van der Waals surface area (Å²) >= 11 is 0. The SMILES string of the molecule is CCCN(CC)CCNC(C)c1cc(OC)ccc1OC. The smallest absolute Gasteiger partial charge is 0.123 e. The molecule has 0 bridgehead atoms. The molecule has 1 aromatic rings. The van der Waals surface area contributed by atoms with Crippen LogP contribution in [0.5, 0.6) is 11.5 Å². The molecule has 0 aliphatic rings. The van der Waals surface area contributed by atoms with Crippen LogP contribution in [0.1, 0.15) is 38.8 Å². The standard InChI is InChI=1S/C17H30N2O2/c1-6-11-19(7-2)12-10-18-14(3)16-13-15(20-4)8-9-17(16)21-5/h8-9,13-14,18H,6-7,10-12H2,1-5H3. The van der Waals surface area contributed by atoms with Gasteiger partial charge in [0.25, 0.3) is 0 Å². The van der Waals surface area contributed by atoms with E-state index < -0.39 is 0 Å². The minimum Gasteiger partial charge on any atom is -0.497 e. The second-order valence-corrected chi connectivity index (χ2v) is 5.22. The summed E-state index contributed by atoms with van der Waals surface area (Å²) in [4.78, 5) is 2.46. The summed E-state index contributed by atoms with van der Waals surface area (Å²) in [6, 6.07) is 6.16. The van der Waals surface area contributed by atoms with E-state index in [0.717, 1.165) is 43.2 Å². The molecule has 4 nitrogen and oxygen atoms in total. The Morgan fingerprint density at radius 3 is 2.48 bits per heavy atom. The number of methoxy groups -OCH3 is 2. The Balaban J connectivity index is 2.60. The Bertz CT molecular complexity index is 410. The number of benzene rings is 1. The maximum atomic E-state index is 5.45. The first kappa shape index (κ1) is 17.8. The Morgan fingerprint density at radius 2 is 1.90 bits per heavy atom. The van der Waals surface area contributed by atoms with E-state index in [9.17, 15) is 0 Å². The molecular formula is C17H30N2O2. The number of rotatable bonds is 10. The predicted molar refractivity (Wildman–Crippen MR) is 88.4 cm³/mol. The summed E-state index contributed by atoms with van der Waals surface area (Å²) in [5, 5.41) is 3.57. The normalized spacial score (nSPS) is 12.5. The molecule has 1 N–H and O–H groups in total. The fourth-order valence-corrected chi connectivity index (χ4v) is 2.47. The lowest BCUT2D eigenvalue weighted by atomic mass is 10.1. The summed E-state index contributed by atoms with van der Waals surface area (Å²) in [7, 11) is 3.39. The van der Waals surface area contributed by atoms with Gasteiger partial charge in [0.05, 0.1) is 14.2 Å². The van der Waals surface area contributed by atoms with Crippen LogP contribution in [-0.4, -0.2) is 45.3 Å². The molecule has 0 saturated heterocycles. The van der Waals surface area contributed by atoms with Crippen LogP contribution in [0.25, 0.3) is 0 Å². The van der Waals surface area contributed by atoms with Crippen molar-refractivity contribution < 1.29 is 9.47 Å². The molecule has 120 valence electrons. The van der Waals surface area contributed by atoms with Crippen LogP contribution in [0.3, 0.4) is 0 Å². The van der Waals surface area contributed by atoms with Gasteiger partial charge in [0.1, 0.15) is 11.5 Å². The monoisotopic (exact) mass is 294 g/mol. The highest BCUT2D eigenvalue weighted by atomic mass is 16.5. The van der Waals surface area contributed by atoms with Crippen molar-refractivity contribution in [2.75, 3.05) is 40.4 Å². The van der Waals surface area contributed by atoms with E-state index in [1.807, 2.05) is 18.2 Å². The molecule has 1 atom stereocenters. The van der Waals surface area contributed by atoms with Crippen LogP contribution in [0.4, 0.5) is 0 Å². The van der Waals surface area contributed by atoms with Crippen molar-refractivity contribution >= 4 is 0 Å². The number of ether oxygens (including phenoxy) is 2. The van der Waals surface area contributed by atoms with Crippen LogP contribution >= 0.6 is 0 Å². The van der Waals surface area contributed by atoms with E-state index in [4.69, 9.17) is 9.47 Å². The van der Waals surface area contributed by atoms with E-state index in [0.29, 0.717) is 0 Å². The summed E-state index contributed by atoms with van der Waals surface area (Å²) in [6.07, 6.45) is 1.20. The molecule has 4 heteroatoms. The molecule has 1 aromatic carbocycles. The van der Waals surface area contributed by atoms with Crippen molar-refractivity contribution in [3.63, 3.8) is 0 Å². The highest BCUT2D eigenvalue weighted by molar-refractivity contribution is 5.42. The molecular weight excluding hydrogens is 264 g/mol. The van der Waals surface area contributed by atoms with E-state index in [1.54, 1.807) is 14.2 Å². The average Bonchev–Trinajstić information content (AvgIpc) is 2.53. The molecule has 0 radical (unpaired) electrons. The van der Waals surface area contributed by atoms with Crippen molar-refractivity contribution in [1.29, 1.82) is 0 Å². The van der Waals surface area contributed by atoms with Gasteiger partial charge in [0, 0.05) is 24.7 Å². The molecule has 0 fully saturated rings. The Morgan fingerprint density at radius 1 is 1.14 bits per heavy atom. The fourth-order valence-electron chi connectivity index (χ4n) is 2.47. The van der Waals surface area contributed by atoms with Gasteiger partial charge in [-0.05, 0) is 44.6 Å². The van der Waals surface area contributed by atoms with Crippen molar-refractivity contribution in [1.82, 2.24) is 10.2 Å². The molecule has 0 aromatic heterocycles. The maximum absolute atomic E-state index is 5.45. The van der Waals surface area contributed by atoms with Crippen LogP contribution in [0.2, 0.25) is 0 Å². The van der Waals surface area contributed by atoms with Gasteiger partial charge in [-0.2, -0.15) is 0 Å². The van der Waals surface area contributed by atoms with Crippen molar-refractivity contribution in [3.8, 4) is 11.5 Å². The zero-order valence-corrected chi connectivity index (χ0v) is 14.1. The topological polar surface area (TPSA) is 33.7 Å². The van der Waals surface area contributed by atoms with Crippen molar-refractivity contribution in [3.05, 3.63) is 23.8 Å². The summed E-state index contributed by atoms with van der Waals surface area (Å²) < 4.78 is 10.8. The van der Waals surface area contributed by atoms with E-state index in [-0.39, 0.29) is 6.04 Å². The predicted octanol–water partition coefficient (Wildman–Crippen LogP) is 3.09. The van der Waals surface area contributed by atoms with Gasteiger partial charge in [-0.3, -0.25) is 0 Å². The second-order valence-electron chi connectivity index (χ2n) is 5.22. The van der Waals surface area contributed by atoms with E-state index in [1.165, 1.54) is 6.42 Å². The highest BCUT2D eigenvalue weighted by Gasteiger charge is 2.12. The lowest BCUT2D eigenvalue weighted by Gasteiger charge is -2.22. The minimum atomic E-state index is 0.232. The molecule has 1 rings (SSSR count). The third-order valence-electron chi connectivity index (χ3n) is 3.77. The number of likely N-dealkylation sites (N-methyl/N-ethyl adjacent to an activating group) is 1. The third kappa shape index (κ3) is 5.56. The molecule has 0 heterocycles. The first-order valence-corrected chi connectivity index (χ1v) is 7.83. The van der Waals surface area contributed by atoms with Gasteiger partial charge >= 0.3 is 0 Å². The Hall–Kier alpha value is -1.26. The second kappa shape index (κ2) is 9.64. The number of hydrogen-bond acceptors (Lipinski definition) is 4. The third-order valence-corrected chi connectivity index (χ3v) is 3.77. The molecule has 21 heavy (non-hydrogen) atoms. The molecule has 0 aliphatic carbocycles. The molecule has 0 saturated carbocycles. The van der Waals surface area contributed by atoms with Gasteiger partial charge in [-0.15, -0.1) is 0 Å².